The zero-order valence-electron chi connectivity index (χ0n) is 12.7. The topological polar surface area (TPSA) is 58.4 Å². The molecule has 0 saturated carbocycles. The highest BCUT2D eigenvalue weighted by Crippen LogP contribution is 2.31. The van der Waals surface area contributed by atoms with Crippen molar-refractivity contribution in [3.8, 4) is 0 Å². The molecule has 3 rings (SSSR count). The number of urea groups is 1. The van der Waals surface area contributed by atoms with Crippen molar-refractivity contribution in [2.45, 2.75) is 38.6 Å². The van der Waals surface area contributed by atoms with Crippen molar-refractivity contribution >= 4 is 17.4 Å². The fourth-order valence-corrected chi connectivity index (χ4v) is 3.63. The van der Waals surface area contributed by atoms with Crippen LogP contribution in [0.1, 0.15) is 41.8 Å². The fourth-order valence-electron chi connectivity index (χ4n) is 2.84. The number of hydrogen-bond acceptors (Lipinski definition) is 4. The molecule has 1 aliphatic rings. The van der Waals surface area contributed by atoms with Gasteiger partial charge < -0.3 is 14.6 Å². The maximum absolute atomic E-state index is 12.5. The molecule has 2 aromatic rings. The van der Waals surface area contributed by atoms with Crippen molar-refractivity contribution in [1.29, 1.82) is 0 Å². The Kier molecular flexibility index (Phi) is 4.77. The van der Waals surface area contributed by atoms with Crippen LogP contribution in [-0.2, 0) is 6.42 Å². The molecule has 0 bridgehead atoms. The lowest BCUT2D eigenvalue weighted by Gasteiger charge is -2.34. The number of amides is 2. The molecule has 1 N–H and O–H groups in total. The number of piperidine rings is 1. The smallest absolute Gasteiger partial charge is 0.318 e. The molecule has 1 saturated heterocycles. The van der Waals surface area contributed by atoms with Gasteiger partial charge in [0.25, 0.3) is 0 Å². The number of nitrogens with zero attached hydrogens (tertiary/aromatic N) is 2. The molecule has 1 aliphatic heterocycles. The summed E-state index contributed by atoms with van der Waals surface area (Å²) in [6.45, 7) is 3.32. The van der Waals surface area contributed by atoms with E-state index in [0.29, 0.717) is 6.54 Å². The predicted molar refractivity (Wildman–Crippen MR) is 86.0 cm³/mol. The van der Waals surface area contributed by atoms with Crippen LogP contribution in [0, 0.1) is 6.92 Å². The zero-order chi connectivity index (χ0) is 15.4. The van der Waals surface area contributed by atoms with Gasteiger partial charge in [-0.2, -0.15) is 0 Å². The molecule has 2 amide bonds. The minimum Gasteiger partial charge on any atom is -0.466 e. The number of carbonyl (C=O) groups is 1. The summed E-state index contributed by atoms with van der Waals surface area (Å²) in [6, 6.07) is 4.03. The van der Waals surface area contributed by atoms with Gasteiger partial charge in [0, 0.05) is 31.1 Å². The largest absolute Gasteiger partial charge is 0.466 e. The van der Waals surface area contributed by atoms with Crippen molar-refractivity contribution in [2.24, 2.45) is 0 Å². The van der Waals surface area contributed by atoms with Crippen LogP contribution in [-0.4, -0.2) is 29.0 Å². The standard InChI is InChI=1S/C16H21N3O2S/c1-12-5-6-13(21-12)7-8-18-16(20)19-10-3-2-4-14(19)15-17-9-11-22-15/h5-6,9,11,14H,2-4,7-8,10H2,1H3,(H,18,20). The van der Waals surface area contributed by atoms with E-state index in [1.54, 1.807) is 11.3 Å². The van der Waals surface area contributed by atoms with Crippen LogP contribution < -0.4 is 5.32 Å². The van der Waals surface area contributed by atoms with Gasteiger partial charge >= 0.3 is 6.03 Å². The molecule has 1 fully saturated rings. The Balaban J connectivity index is 1.55. The van der Waals surface area contributed by atoms with E-state index in [-0.39, 0.29) is 12.1 Å². The van der Waals surface area contributed by atoms with Gasteiger partial charge in [-0.25, -0.2) is 9.78 Å². The Labute approximate surface area is 134 Å². The van der Waals surface area contributed by atoms with Gasteiger partial charge in [0.2, 0.25) is 0 Å². The molecular formula is C16H21N3O2S. The highest BCUT2D eigenvalue weighted by atomic mass is 32.1. The summed E-state index contributed by atoms with van der Waals surface area (Å²) in [7, 11) is 0. The highest BCUT2D eigenvalue weighted by molar-refractivity contribution is 7.09. The third kappa shape index (κ3) is 3.50. The number of likely N-dealkylation sites (tertiary alicyclic amines) is 1. The average Bonchev–Trinajstić information content (AvgIpc) is 3.19. The maximum atomic E-state index is 12.5. The first kappa shape index (κ1) is 15.1. The molecule has 1 unspecified atom stereocenters. The summed E-state index contributed by atoms with van der Waals surface area (Å²) >= 11 is 1.63. The van der Waals surface area contributed by atoms with E-state index in [0.717, 1.165) is 48.8 Å². The van der Waals surface area contributed by atoms with E-state index in [1.165, 1.54) is 0 Å². The molecular weight excluding hydrogens is 298 g/mol. The minimum atomic E-state index is 0.00294. The first-order valence-corrected chi connectivity index (χ1v) is 8.61. The van der Waals surface area contributed by atoms with Crippen LogP contribution in [0.5, 0.6) is 0 Å². The monoisotopic (exact) mass is 319 g/mol. The first-order valence-electron chi connectivity index (χ1n) is 7.73. The quantitative estimate of drug-likeness (QED) is 0.938. The number of aromatic nitrogens is 1. The van der Waals surface area contributed by atoms with E-state index in [4.69, 9.17) is 4.42 Å². The number of carbonyl (C=O) groups excluding carboxylic acids is 1. The normalized spacial score (nSPS) is 18.4. The van der Waals surface area contributed by atoms with E-state index in [9.17, 15) is 4.79 Å². The van der Waals surface area contributed by atoms with Gasteiger partial charge in [0.1, 0.15) is 16.5 Å². The summed E-state index contributed by atoms with van der Waals surface area (Å²) in [4.78, 5) is 18.8. The molecule has 0 radical (unpaired) electrons. The van der Waals surface area contributed by atoms with E-state index >= 15 is 0 Å². The molecule has 0 aromatic carbocycles. The Morgan fingerprint density at radius 1 is 1.50 bits per heavy atom. The first-order chi connectivity index (χ1) is 10.7. The van der Waals surface area contributed by atoms with Crippen molar-refractivity contribution in [2.75, 3.05) is 13.1 Å². The lowest BCUT2D eigenvalue weighted by molar-refractivity contribution is 0.151. The lowest BCUT2D eigenvalue weighted by Crippen LogP contribution is -2.45. The SMILES string of the molecule is Cc1ccc(CCNC(=O)N2CCCCC2c2nccs2)o1. The second kappa shape index (κ2) is 6.96. The van der Waals surface area contributed by atoms with Crippen molar-refractivity contribution in [3.63, 3.8) is 0 Å². The Morgan fingerprint density at radius 3 is 3.14 bits per heavy atom. The van der Waals surface area contributed by atoms with Crippen LogP contribution in [0.25, 0.3) is 0 Å². The number of hydrogen-bond donors (Lipinski definition) is 1. The number of rotatable bonds is 4. The van der Waals surface area contributed by atoms with Crippen molar-refractivity contribution < 1.29 is 9.21 Å². The molecule has 5 nitrogen and oxygen atoms in total. The molecule has 2 aromatic heterocycles. The number of thiazole rings is 1. The van der Waals surface area contributed by atoms with Gasteiger partial charge in [-0.15, -0.1) is 11.3 Å². The van der Waals surface area contributed by atoms with Crippen LogP contribution in [0.3, 0.4) is 0 Å². The Morgan fingerprint density at radius 2 is 2.41 bits per heavy atom. The number of furan rings is 1. The summed E-state index contributed by atoms with van der Waals surface area (Å²) in [5.74, 6) is 1.81. The third-order valence-corrected chi connectivity index (χ3v) is 4.82. The zero-order valence-corrected chi connectivity index (χ0v) is 13.6. The summed E-state index contributed by atoms with van der Waals surface area (Å²) in [6.07, 6.45) is 5.74. The molecule has 1 atom stereocenters. The molecule has 0 aliphatic carbocycles. The fraction of sp³-hybridized carbons (Fsp3) is 0.500. The van der Waals surface area contributed by atoms with Gasteiger partial charge in [-0.3, -0.25) is 0 Å². The number of aryl methyl sites for hydroxylation is 1. The minimum absolute atomic E-state index is 0.00294. The van der Waals surface area contributed by atoms with Crippen LogP contribution in [0.15, 0.2) is 28.1 Å². The van der Waals surface area contributed by atoms with Gasteiger partial charge in [0.05, 0.1) is 6.04 Å². The van der Waals surface area contributed by atoms with Gasteiger partial charge in [0.15, 0.2) is 0 Å². The summed E-state index contributed by atoms with van der Waals surface area (Å²) in [5, 5.41) is 6.02. The third-order valence-electron chi connectivity index (χ3n) is 3.94. The van der Waals surface area contributed by atoms with Gasteiger partial charge in [-0.05, 0) is 38.3 Å². The van der Waals surface area contributed by atoms with Crippen LogP contribution >= 0.6 is 11.3 Å². The second-order valence-electron chi connectivity index (χ2n) is 5.57. The lowest BCUT2D eigenvalue weighted by atomic mass is 10.0. The molecule has 3 heterocycles. The van der Waals surface area contributed by atoms with E-state index < -0.39 is 0 Å². The van der Waals surface area contributed by atoms with Crippen LogP contribution in [0.4, 0.5) is 4.79 Å². The van der Waals surface area contributed by atoms with Crippen LogP contribution in [0.2, 0.25) is 0 Å². The predicted octanol–water partition coefficient (Wildman–Crippen LogP) is 3.52. The Hall–Kier alpha value is -1.82. The molecule has 22 heavy (non-hydrogen) atoms. The average molecular weight is 319 g/mol. The molecule has 118 valence electrons. The van der Waals surface area contributed by atoms with Crippen molar-refractivity contribution in [3.05, 3.63) is 40.2 Å². The Bertz CT molecular complexity index is 609. The van der Waals surface area contributed by atoms with Crippen molar-refractivity contribution in [1.82, 2.24) is 15.2 Å². The second-order valence-corrected chi connectivity index (χ2v) is 6.50. The van der Waals surface area contributed by atoms with Gasteiger partial charge in [-0.1, -0.05) is 0 Å². The summed E-state index contributed by atoms with van der Waals surface area (Å²) in [5.41, 5.74) is 0. The number of nitrogens with one attached hydrogen (secondary N) is 1. The highest BCUT2D eigenvalue weighted by Gasteiger charge is 2.29. The molecule has 0 spiro atoms. The molecule has 6 heteroatoms. The van der Waals surface area contributed by atoms with E-state index in [1.807, 2.05) is 35.5 Å². The summed E-state index contributed by atoms with van der Waals surface area (Å²) < 4.78 is 5.52. The van der Waals surface area contributed by atoms with E-state index in [2.05, 4.69) is 10.3 Å². The maximum Gasteiger partial charge on any atom is 0.318 e.